The third kappa shape index (κ3) is 2.09. The molecule has 0 fully saturated rings. The largest absolute Gasteiger partial charge is 0.497 e. The van der Waals surface area contributed by atoms with E-state index >= 15 is 0 Å². The van der Waals surface area contributed by atoms with Gasteiger partial charge in [0, 0.05) is 0 Å². The van der Waals surface area contributed by atoms with Crippen LogP contribution in [0.4, 0.5) is 3.89 Å². The minimum Gasteiger partial charge on any atom is -0.497 e. The molecule has 5 heteroatoms. The van der Waals surface area contributed by atoms with Crippen LogP contribution in [0.1, 0.15) is 17.5 Å². The summed E-state index contributed by atoms with van der Waals surface area (Å²) in [5.74, 6) is 0.721. The number of allylic oxidation sites excluding steroid dienone is 1. The molecule has 0 aromatic heterocycles. The Kier molecular flexibility index (Phi) is 2.71. The average molecular weight is 242 g/mol. The Balaban J connectivity index is 2.46. The van der Waals surface area contributed by atoms with Gasteiger partial charge in [-0.05, 0) is 42.2 Å². The zero-order valence-corrected chi connectivity index (χ0v) is 9.55. The van der Waals surface area contributed by atoms with E-state index in [0.29, 0.717) is 6.42 Å². The van der Waals surface area contributed by atoms with E-state index in [1.54, 1.807) is 19.2 Å². The van der Waals surface area contributed by atoms with Gasteiger partial charge in [-0.3, -0.25) is 0 Å². The molecule has 2 rings (SSSR count). The predicted molar refractivity (Wildman–Crippen MR) is 59.3 cm³/mol. The Hall–Kier alpha value is -1.36. The molecule has 0 heterocycles. The van der Waals surface area contributed by atoms with Crippen LogP contribution in [-0.2, 0) is 16.6 Å². The van der Waals surface area contributed by atoms with E-state index in [0.717, 1.165) is 16.9 Å². The van der Waals surface area contributed by atoms with Crippen molar-refractivity contribution in [3.05, 3.63) is 34.2 Å². The molecular formula is C11H11FO3S. The van der Waals surface area contributed by atoms with Crippen LogP contribution in [0.25, 0.3) is 6.08 Å². The maximum absolute atomic E-state index is 12.8. The number of methoxy groups -OCH3 is 1. The van der Waals surface area contributed by atoms with Gasteiger partial charge in [-0.2, -0.15) is 8.42 Å². The van der Waals surface area contributed by atoms with Gasteiger partial charge >= 0.3 is 10.2 Å². The summed E-state index contributed by atoms with van der Waals surface area (Å²) in [4.78, 5) is -0.148. The fraction of sp³-hybridized carbons (Fsp3) is 0.273. The standard InChI is InChI=1S/C11H11FO3S/c1-15-10-4-2-9-7-11(16(12,13)14)5-3-8(9)6-10/h2,4,6-7H,3,5H2,1H3. The second-order valence-corrected chi connectivity index (χ2v) is 5.01. The molecule has 1 aliphatic rings. The maximum Gasteiger partial charge on any atom is 0.328 e. The van der Waals surface area contributed by atoms with Gasteiger partial charge in [0.1, 0.15) is 5.75 Å². The summed E-state index contributed by atoms with van der Waals surface area (Å²) in [6, 6.07) is 5.30. The number of hydrogen-bond donors (Lipinski definition) is 0. The average Bonchev–Trinajstić information content (AvgIpc) is 2.26. The van der Waals surface area contributed by atoms with E-state index in [2.05, 4.69) is 0 Å². The van der Waals surface area contributed by atoms with Gasteiger partial charge in [0.2, 0.25) is 0 Å². The highest BCUT2D eigenvalue weighted by molar-refractivity contribution is 7.90. The van der Waals surface area contributed by atoms with Crippen LogP contribution in [0.3, 0.4) is 0 Å². The number of hydrogen-bond acceptors (Lipinski definition) is 3. The third-order valence-electron chi connectivity index (χ3n) is 2.62. The molecule has 0 bridgehead atoms. The molecule has 0 N–H and O–H groups in total. The van der Waals surface area contributed by atoms with Gasteiger partial charge in [0.05, 0.1) is 12.0 Å². The van der Waals surface area contributed by atoms with Crippen molar-refractivity contribution in [2.45, 2.75) is 12.8 Å². The Morgan fingerprint density at radius 3 is 2.69 bits per heavy atom. The lowest BCUT2D eigenvalue weighted by molar-refractivity contribution is 0.414. The van der Waals surface area contributed by atoms with Gasteiger partial charge in [-0.15, -0.1) is 3.89 Å². The van der Waals surface area contributed by atoms with Crippen molar-refractivity contribution in [1.82, 2.24) is 0 Å². The normalized spacial score (nSPS) is 15.2. The Labute approximate surface area is 93.8 Å². The highest BCUT2D eigenvalue weighted by atomic mass is 32.3. The minimum absolute atomic E-state index is 0.148. The van der Waals surface area contributed by atoms with Crippen molar-refractivity contribution in [2.24, 2.45) is 0 Å². The highest BCUT2D eigenvalue weighted by Gasteiger charge is 2.20. The first kappa shape index (κ1) is 11.1. The fourth-order valence-corrected chi connectivity index (χ4v) is 2.38. The molecule has 86 valence electrons. The molecule has 1 aromatic rings. The van der Waals surface area contributed by atoms with Crippen LogP contribution in [0.5, 0.6) is 5.75 Å². The molecule has 0 amide bonds. The molecule has 0 aliphatic heterocycles. The van der Waals surface area contributed by atoms with Crippen molar-refractivity contribution < 1.29 is 17.0 Å². The summed E-state index contributed by atoms with van der Waals surface area (Å²) in [7, 11) is -2.99. The van der Waals surface area contributed by atoms with E-state index in [1.165, 1.54) is 6.08 Å². The number of benzene rings is 1. The lowest BCUT2D eigenvalue weighted by Crippen LogP contribution is -2.05. The van der Waals surface area contributed by atoms with Crippen LogP contribution < -0.4 is 4.74 Å². The molecule has 3 nitrogen and oxygen atoms in total. The maximum atomic E-state index is 12.8. The summed E-state index contributed by atoms with van der Waals surface area (Å²) >= 11 is 0. The summed E-state index contributed by atoms with van der Waals surface area (Å²) in [5, 5.41) is 0. The van der Waals surface area contributed by atoms with Crippen molar-refractivity contribution in [3.8, 4) is 5.75 Å². The van der Waals surface area contributed by atoms with Gasteiger partial charge in [0.15, 0.2) is 0 Å². The molecule has 0 spiro atoms. The first-order valence-corrected chi connectivity index (χ1v) is 6.21. The number of ether oxygens (including phenoxy) is 1. The van der Waals surface area contributed by atoms with Crippen LogP contribution in [0.2, 0.25) is 0 Å². The molecule has 0 radical (unpaired) electrons. The van der Waals surface area contributed by atoms with E-state index in [4.69, 9.17) is 4.74 Å². The molecule has 1 aromatic carbocycles. The number of rotatable bonds is 2. The van der Waals surface area contributed by atoms with Crippen molar-refractivity contribution in [1.29, 1.82) is 0 Å². The topological polar surface area (TPSA) is 43.4 Å². The summed E-state index contributed by atoms with van der Waals surface area (Å²) < 4.78 is 39.4. The number of halogens is 1. The molecule has 0 saturated heterocycles. The van der Waals surface area contributed by atoms with Crippen LogP contribution >= 0.6 is 0 Å². The monoisotopic (exact) mass is 242 g/mol. The Morgan fingerprint density at radius 1 is 1.31 bits per heavy atom. The Bertz CT molecular complexity index is 546. The molecule has 16 heavy (non-hydrogen) atoms. The van der Waals surface area contributed by atoms with Gasteiger partial charge < -0.3 is 4.74 Å². The van der Waals surface area contributed by atoms with Crippen LogP contribution in [0.15, 0.2) is 23.1 Å². The fourth-order valence-electron chi connectivity index (χ4n) is 1.76. The van der Waals surface area contributed by atoms with E-state index in [1.807, 2.05) is 6.07 Å². The second-order valence-electron chi connectivity index (χ2n) is 3.61. The molecule has 0 saturated carbocycles. The van der Waals surface area contributed by atoms with Gasteiger partial charge in [0.25, 0.3) is 0 Å². The minimum atomic E-state index is -4.55. The van der Waals surface area contributed by atoms with Gasteiger partial charge in [-0.1, -0.05) is 6.07 Å². The smallest absolute Gasteiger partial charge is 0.328 e. The van der Waals surface area contributed by atoms with Gasteiger partial charge in [-0.25, -0.2) is 0 Å². The van der Waals surface area contributed by atoms with Crippen molar-refractivity contribution in [2.75, 3.05) is 7.11 Å². The highest BCUT2D eigenvalue weighted by Crippen LogP contribution is 2.30. The second kappa shape index (κ2) is 3.90. The summed E-state index contributed by atoms with van der Waals surface area (Å²) in [5.41, 5.74) is 1.72. The Morgan fingerprint density at radius 2 is 2.06 bits per heavy atom. The molecule has 0 atom stereocenters. The lowest BCUT2D eigenvalue weighted by Gasteiger charge is -2.14. The molecule has 0 unspecified atom stereocenters. The number of aryl methyl sites for hydroxylation is 1. The lowest BCUT2D eigenvalue weighted by atomic mass is 9.97. The zero-order valence-electron chi connectivity index (χ0n) is 8.73. The van der Waals surface area contributed by atoms with Crippen molar-refractivity contribution >= 4 is 16.3 Å². The van der Waals surface area contributed by atoms with E-state index in [-0.39, 0.29) is 11.3 Å². The van der Waals surface area contributed by atoms with E-state index in [9.17, 15) is 12.3 Å². The number of fused-ring (bicyclic) bond motifs is 1. The first-order chi connectivity index (χ1) is 7.50. The predicted octanol–water partition coefficient (Wildman–Crippen LogP) is 2.28. The van der Waals surface area contributed by atoms with E-state index < -0.39 is 10.2 Å². The summed E-state index contributed by atoms with van der Waals surface area (Å²) in [6.07, 6.45) is 2.11. The van der Waals surface area contributed by atoms with Crippen LogP contribution in [0, 0.1) is 0 Å². The SMILES string of the molecule is COc1ccc2c(c1)CCC(S(=O)(=O)F)=C2. The van der Waals surface area contributed by atoms with Crippen molar-refractivity contribution in [3.63, 3.8) is 0 Å². The zero-order chi connectivity index (χ0) is 11.8. The quantitative estimate of drug-likeness (QED) is 0.747. The summed E-state index contributed by atoms with van der Waals surface area (Å²) in [6.45, 7) is 0. The first-order valence-electron chi connectivity index (χ1n) is 4.83. The third-order valence-corrected chi connectivity index (χ3v) is 3.57. The van der Waals surface area contributed by atoms with Crippen LogP contribution in [-0.4, -0.2) is 15.5 Å². The molecule has 1 aliphatic carbocycles. The molecular weight excluding hydrogens is 231 g/mol.